The molecule has 20 heavy (non-hydrogen) atoms. The van der Waals surface area contributed by atoms with E-state index >= 15 is 0 Å². The van der Waals surface area contributed by atoms with Crippen molar-refractivity contribution in [1.29, 1.82) is 0 Å². The first-order valence-electron chi connectivity index (χ1n) is 6.34. The Bertz CT molecular complexity index is 491. The van der Waals surface area contributed by atoms with Crippen LogP contribution in [-0.2, 0) is 39.3 Å². The van der Waals surface area contributed by atoms with Crippen LogP contribution in [0, 0.1) is 14.4 Å². The molecule has 2 aromatic rings. The van der Waals surface area contributed by atoms with Gasteiger partial charge in [0.15, 0.2) is 0 Å². The standard InChI is InChI=1S/C15H20N3.CH3.Y/c1-4-9-18-11-15(10-17-18)14-7-5-13(6-8-14)12(2)16-3;;/h5-8,10-12,16H,1,4,9H2,2-3H3;1H3;/q2*-1;/t12-;;/m0../s1. The Hall–Kier alpha value is -0.506. The van der Waals surface area contributed by atoms with Gasteiger partial charge in [-0.25, -0.2) is 0 Å². The van der Waals surface area contributed by atoms with Gasteiger partial charge in [-0.3, -0.25) is 4.68 Å². The molecular weight excluding hydrogens is 323 g/mol. The van der Waals surface area contributed by atoms with Crippen molar-refractivity contribution in [3.63, 3.8) is 0 Å². The van der Waals surface area contributed by atoms with E-state index in [2.05, 4.69) is 54.7 Å². The van der Waals surface area contributed by atoms with Crippen molar-refractivity contribution in [2.45, 2.75) is 25.9 Å². The molecule has 0 fully saturated rings. The van der Waals surface area contributed by atoms with E-state index < -0.39 is 0 Å². The van der Waals surface area contributed by atoms with Crippen molar-refractivity contribution in [2.75, 3.05) is 7.05 Å². The van der Waals surface area contributed by atoms with Gasteiger partial charge in [0.1, 0.15) is 0 Å². The van der Waals surface area contributed by atoms with Gasteiger partial charge in [0.05, 0.1) is 6.20 Å². The van der Waals surface area contributed by atoms with Crippen molar-refractivity contribution in [1.82, 2.24) is 15.1 Å². The van der Waals surface area contributed by atoms with E-state index in [1.807, 2.05) is 17.9 Å². The summed E-state index contributed by atoms with van der Waals surface area (Å²) in [5.74, 6) is 0. The normalized spacial score (nSPS) is 11.3. The Morgan fingerprint density at radius 2 is 1.90 bits per heavy atom. The molecule has 0 amide bonds. The van der Waals surface area contributed by atoms with Gasteiger partial charge < -0.3 is 19.7 Å². The smallest absolute Gasteiger partial charge is 0.0568 e. The number of aromatic nitrogens is 2. The molecule has 2 rings (SSSR count). The molecule has 1 heterocycles. The van der Waals surface area contributed by atoms with Gasteiger partial charge in [-0.05, 0) is 25.1 Å². The zero-order chi connectivity index (χ0) is 13.0. The summed E-state index contributed by atoms with van der Waals surface area (Å²) in [5.41, 5.74) is 3.66. The Labute approximate surface area is 148 Å². The molecule has 1 aromatic carbocycles. The molecule has 4 heteroatoms. The second kappa shape index (κ2) is 9.43. The monoisotopic (exact) mass is 346 g/mol. The van der Waals surface area contributed by atoms with Crippen LogP contribution in [0.1, 0.15) is 24.9 Å². The Kier molecular flexibility index (Phi) is 9.20. The molecular formula is C16H23N3Y-2. The van der Waals surface area contributed by atoms with E-state index in [1.165, 1.54) is 11.1 Å². The molecule has 0 unspecified atom stereocenters. The van der Waals surface area contributed by atoms with Gasteiger partial charge in [0.25, 0.3) is 0 Å². The minimum atomic E-state index is 0. The van der Waals surface area contributed by atoms with E-state index in [0.717, 1.165) is 18.5 Å². The van der Waals surface area contributed by atoms with Gasteiger partial charge >= 0.3 is 0 Å². The van der Waals surface area contributed by atoms with Gasteiger partial charge in [0, 0.05) is 57.1 Å². The number of nitrogens with one attached hydrogen (secondary N) is 1. The first-order valence-corrected chi connectivity index (χ1v) is 6.34. The zero-order valence-electron chi connectivity index (χ0n) is 12.6. The van der Waals surface area contributed by atoms with Crippen LogP contribution in [-0.4, -0.2) is 16.8 Å². The maximum absolute atomic E-state index is 4.32. The van der Waals surface area contributed by atoms with Gasteiger partial charge in [0.2, 0.25) is 0 Å². The Morgan fingerprint density at radius 3 is 2.45 bits per heavy atom. The molecule has 0 saturated heterocycles. The third-order valence-electron chi connectivity index (χ3n) is 3.20. The van der Waals surface area contributed by atoms with Gasteiger partial charge in [-0.2, -0.15) is 11.5 Å². The Balaban J connectivity index is 0.00000180. The molecule has 107 valence electrons. The summed E-state index contributed by atoms with van der Waals surface area (Å²) >= 11 is 0. The molecule has 1 atom stereocenters. The minimum Gasteiger partial charge on any atom is -0.358 e. The van der Waals surface area contributed by atoms with Crippen LogP contribution in [0.25, 0.3) is 11.1 Å². The summed E-state index contributed by atoms with van der Waals surface area (Å²) < 4.78 is 1.94. The Morgan fingerprint density at radius 1 is 1.25 bits per heavy atom. The zero-order valence-corrected chi connectivity index (χ0v) is 15.5. The number of rotatable bonds is 5. The van der Waals surface area contributed by atoms with Crippen molar-refractivity contribution >= 4 is 0 Å². The van der Waals surface area contributed by atoms with Crippen LogP contribution < -0.4 is 5.32 Å². The van der Waals surface area contributed by atoms with E-state index in [0.29, 0.717) is 6.04 Å². The maximum atomic E-state index is 4.32. The maximum Gasteiger partial charge on any atom is 0.0568 e. The number of hydrogen-bond donors (Lipinski definition) is 1. The molecule has 0 aliphatic heterocycles. The summed E-state index contributed by atoms with van der Waals surface area (Å²) in [5, 5.41) is 7.56. The third-order valence-corrected chi connectivity index (χ3v) is 3.20. The topological polar surface area (TPSA) is 29.9 Å². The fraction of sp³-hybridized carbons (Fsp3) is 0.312. The largest absolute Gasteiger partial charge is 0.358 e. The molecule has 1 N–H and O–H groups in total. The summed E-state index contributed by atoms with van der Waals surface area (Å²) in [6, 6.07) is 9.00. The SMILES string of the molecule is [CH2-]CCn1cc(-c2ccc([C@H](C)NC)cc2)cn1.[CH3-].[Y]. The molecule has 0 saturated carbocycles. The summed E-state index contributed by atoms with van der Waals surface area (Å²) in [4.78, 5) is 0. The van der Waals surface area contributed by atoms with Gasteiger partial charge in [-0.15, -0.1) is 0 Å². The predicted molar refractivity (Wildman–Crippen MR) is 81.5 cm³/mol. The molecule has 3 nitrogen and oxygen atoms in total. The number of aryl methyl sites for hydroxylation is 1. The van der Waals surface area contributed by atoms with E-state index in [9.17, 15) is 0 Å². The fourth-order valence-electron chi connectivity index (χ4n) is 1.93. The van der Waals surface area contributed by atoms with Crippen molar-refractivity contribution < 1.29 is 32.7 Å². The number of nitrogens with zero attached hydrogens (tertiary/aromatic N) is 2. The van der Waals surface area contributed by atoms with Crippen molar-refractivity contribution in [3.8, 4) is 11.1 Å². The predicted octanol–water partition coefficient (Wildman–Crippen LogP) is 3.50. The first kappa shape index (κ1) is 19.5. The summed E-state index contributed by atoms with van der Waals surface area (Å²) in [6.45, 7) is 6.86. The molecule has 1 aromatic heterocycles. The molecule has 0 aliphatic carbocycles. The van der Waals surface area contributed by atoms with Crippen molar-refractivity contribution in [2.24, 2.45) is 0 Å². The minimum absolute atomic E-state index is 0. The van der Waals surface area contributed by atoms with Crippen LogP contribution in [0.3, 0.4) is 0 Å². The van der Waals surface area contributed by atoms with Crippen LogP contribution in [0.4, 0.5) is 0 Å². The summed E-state index contributed by atoms with van der Waals surface area (Å²) in [7, 11) is 1.97. The average molecular weight is 346 g/mol. The molecule has 0 bridgehead atoms. The molecule has 0 aliphatic rings. The number of benzene rings is 1. The van der Waals surface area contributed by atoms with Crippen LogP contribution in [0.15, 0.2) is 36.7 Å². The second-order valence-electron chi connectivity index (χ2n) is 4.48. The molecule has 0 spiro atoms. The number of hydrogen-bond acceptors (Lipinski definition) is 2. The van der Waals surface area contributed by atoms with Crippen LogP contribution >= 0.6 is 0 Å². The average Bonchev–Trinajstić information content (AvgIpc) is 2.87. The van der Waals surface area contributed by atoms with Crippen LogP contribution in [0.2, 0.25) is 0 Å². The summed E-state index contributed by atoms with van der Waals surface area (Å²) in [6.07, 6.45) is 4.84. The van der Waals surface area contributed by atoms with Crippen molar-refractivity contribution in [3.05, 3.63) is 56.6 Å². The van der Waals surface area contributed by atoms with Crippen LogP contribution in [0.5, 0.6) is 0 Å². The quantitative estimate of drug-likeness (QED) is 0.840. The fourth-order valence-corrected chi connectivity index (χ4v) is 1.93. The van der Waals surface area contributed by atoms with E-state index in [1.54, 1.807) is 0 Å². The van der Waals surface area contributed by atoms with E-state index in [-0.39, 0.29) is 40.1 Å². The third kappa shape index (κ3) is 4.80. The second-order valence-corrected chi connectivity index (χ2v) is 4.48. The first-order chi connectivity index (χ1) is 8.74. The molecule has 1 radical (unpaired) electrons. The van der Waals surface area contributed by atoms with E-state index in [4.69, 9.17) is 0 Å². The van der Waals surface area contributed by atoms with Gasteiger partial charge in [-0.1, -0.05) is 24.3 Å².